The molecule has 0 radical (unpaired) electrons. The Morgan fingerprint density at radius 2 is 2.11 bits per heavy atom. The van der Waals surface area contributed by atoms with E-state index in [1.807, 2.05) is 20.8 Å². The first-order valence-electron chi connectivity index (χ1n) is 6.45. The second kappa shape index (κ2) is 5.42. The minimum absolute atomic E-state index is 0.0821. The summed E-state index contributed by atoms with van der Waals surface area (Å²) in [6.07, 6.45) is 3.94. The fourth-order valence-electron chi connectivity index (χ4n) is 1.99. The SMILES string of the molecule is CC(C)(C)OC(=O)N[C@@H]1CCN(c2ncccn2)C1. The lowest BCUT2D eigenvalue weighted by Crippen LogP contribution is -2.40. The van der Waals surface area contributed by atoms with Gasteiger partial charge in [0, 0.05) is 25.5 Å². The Morgan fingerprint density at radius 3 is 2.74 bits per heavy atom. The van der Waals surface area contributed by atoms with Crippen LogP contribution in [0.4, 0.5) is 10.7 Å². The van der Waals surface area contributed by atoms with Crippen LogP contribution >= 0.6 is 0 Å². The fraction of sp³-hybridized carbons (Fsp3) is 0.615. The predicted molar refractivity (Wildman–Crippen MR) is 72.0 cm³/mol. The highest BCUT2D eigenvalue weighted by Crippen LogP contribution is 2.15. The van der Waals surface area contributed by atoms with Crippen LogP contribution in [0.15, 0.2) is 18.5 Å². The van der Waals surface area contributed by atoms with E-state index in [4.69, 9.17) is 4.74 Å². The number of nitrogens with one attached hydrogen (secondary N) is 1. The first-order valence-corrected chi connectivity index (χ1v) is 6.45. The van der Waals surface area contributed by atoms with Gasteiger partial charge in [0.1, 0.15) is 5.60 Å². The molecule has 0 aromatic carbocycles. The molecule has 1 amide bonds. The number of hydrogen-bond acceptors (Lipinski definition) is 5. The minimum atomic E-state index is -0.467. The maximum absolute atomic E-state index is 11.7. The van der Waals surface area contributed by atoms with E-state index in [0.29, 0.717) is 12.5 Å². The van der Waals surface area contributed by atoms with Gasteiger partial charge in [-0.3, -0.25) is 0 Å². The minimum Gasteiger partial charge on any atom is -0.444 e. The Morgan fingerprint density at radius 1 is 1.42 bits per heavy atom. The third kappa shape index (κ3) is 4.08. The molecule has 19 heavy (non-hydrogen) atoms. The van der Waals surface area contributed by atoms with Gasteiger partial charge in [-0.1, -0.05) is 0 Å². The van der Waals surface area contributed by atoms with Crippen LogP contribution in [0.2, 0.25) is 0 Å². The summed E-state index contributed by atoms with van der Waals surface area (Å²) >= 11 is 0. The molecule has 1 aliphatic heterocycles. The fourth-order valence-corrected chi connectivity index (χ4v) is 1.99. The van der Waals surface area contributed by atoms with Gasteiger partial charge in [-0.2, -0.15) is 0 Å². The smallest absolute Gasteiger partial charge is 0.407 e. The second-order valence-corrected chi connectivity index (χ2v) is 5.63. The topological polar surface area (TPSA) is 67.3 Å². The molecule has 1 saturated heterocycles. The summed E-state index contributed by atoms with van der Waals surface area (Å²) in [5.74, 6) is 0.705. The van der Waals surface area contributed by atoms with E-state index in [0.717, 1.165) is 13.0 Å². The first-order chi connectivity index (χ1) is 8.94. The molecule has 1 N–H and O–H groups in total. The molecule has 0 spiro atoms. The van der Waals surface area contributed by atoms with Crippen molar-refractivity contribution in [1.82, 2.24) is 15.3 Å². The van der Waals surface area contributed by atoms with Crippen molar-refractivity contribution in [1.29, 1.82) is 0 Å². The van der Waals surface area contributed by atoms with Gasteiger partial charge in [-0.15, -0.1) is 0 Å². The molecular weight excluding hydrogens is 244 g/mol. The predicted octanol–water partition coefficient (Wildman–Crippen LogP) is 1.58. The molecule has 2 heterocycles. The lowest BCUT2D eigenvalue weighted by atomic mass is 10.2. The van der Waals surface area contributed by atoms with Crippen LogP contribution in [0.3, 0.4) is 0 Å². The zero-order chi connectivity index (χ0) is 13.9. The lowest BCUT2D eigenvalue weighted by molar-refractivity contribution is 0.0509. The zero-order valence-corrected chi connectivity index (χ0v) is 11.6. The molecule has 1 aromatic rings. The third-order valence-electron chi connectivity index (χ3n) is 2.74. The Hall–Kier alpha value is -1.85. The number of ether oxygens (including phenoxy) is 1. The molecule has 0 bridgehead atoms. The maximum Gasteiger partial charge on any atom is 0.407 e. The molecule has 1 atom stereocenters. The Labute approximate surface area is 113 Å². The number of nitrogens with zero attached hydrogens (tertiary/aromatic N) is 3. The highest BCUT2D eigenvalue weighted by atomic mass is 16.6. The summed E-state index contributed by atoms with van der Waals surface area (Å²) in [5.41, 5.74) is -0.467. The van der Waals surface area contributed by atoms with Gasteiger partial charge >= 0.3 is 6.09 Å². The second-order valence-electron chi connectivity index (χ2n) is 5.63. The van der Waals surface area contributed by atoms with Crippen LogP contribution in [0.1, 0.15) is 27.2 Å². The Kier molecular flexibility index (Phi) is 3.87. The molecule has 104 valence electrons. The van der Waals surface area contributed by atoms with Crippen LogP contribution in [0, 0.1) is 0 Å². The van der Waals surface area contributed by atoms with Crippen LogP contribution < -0.4 is 10.2 Å². The van der Waals surface area contributed by atoms with Crippen molar-refractivity contribution in [2.45, 2.75) is 38.8 Å². The maximum atomic E-state index is 11.7. The molecule has 6 nitrogen and oxygen atoms in total. The zero-order valence-electron chi connectivity index (χ0n) is 11.6. The molecule has 1 aromatic heterocycles. The summed E-state index contributed by atoms with van der Waals surface area (Å²) in [5, 5.41) is 2.88. The molecule has 2 rings (SSSR count). The quantitative estimate of drug-likeness (QED) is 0.878. The third-order valence-corrected chi connectivity index (χ3v) is 2.74. The highest BCUT2D eigenvalue weighted by molar-refractivity contribution is 5.68. The van der Waals surface area contributed by atoms with Crippen LogP contribution in [0.25, 0.3) is 0 Å². The number of hydrogen-bond donors (Lipinski definition) is 1. The highest BCUT2D eigenvalue weighted by Gasteiger charge is 2.27. The number of rotatable bonds is 2. The van der Waals surface area contributed by atoms with Crippen molar-refractivity contribution >= 4 is 12.0 Å². The van der Waals surface area contributed by atoms with E-state index < -0.39 is 5.60 Å². The summed E-state index contributed by atoms with van der Waals surface area (Å²) in [7, 11) is 0. The molecule has 0 unspecified atom stereocenters. The van der Waals surface area contributed by atoms with Crippen molar-refractivity contribution in [3.05, 3.63) is 18.5 Å². The van der Waals surface area contributed by atoms with Crippen LogP contribution in [-0.4, -0.2) is 40.8 Å². The molecular formula is C13H20N4O2. The van der Waals surface area contributed by atoms with Gasteiger partial charge in [-0.05, 0) is 33.3 Å². The van der Waals surface area contributed by atoms with Crippen LogP contribution in [0.5, 0.6) is 0 Å². The molecule has 1 aliphatic rings. The summed E-state index contributed by atoms with van der Waals surface area (Å²) < 4.78 is 5.24. The molecule has 0 saturated carbocycles. The van der Waals surface area contributed by atoms with E-state index in [1.165, 1.54) is 0 Å². The van der Waals surface area contributed by atoms with Crippen molar-refractivity contribution < 1.29 is 9.53 Å². The van der Waals surface area contributed by atoms with Crippen molar-refractivity contribution in [3.8, 4) is 0 Å². The van der Waals surface area contributed by atoms with Gasteiger partial charge < -0.3 is 15.0 Å². The largest absolute Gasteiger partial charge is 0.444 e. The summed E-state index contributed by atoms with van der Waals surface area (Å²) in [6, 6.07) is 1.87. The van der Waals surface area contributed by atoms with Gasteiger partial charge in [0.05, 0.1) is 6.04 Å². The van der Waals surface area contributed by atoms with E-state index in [-0.39, 0.29) is 12.1 Å². The summed E-state index contributed by atoms with van der Waals surface area (Å²) in [4.78, 5) is 22.1. The Bertz CT molecular complexity index is 430. The van der Waals surface area contributed by atoms with Crippen LogP contribution in [-0.2, 0) is 4.74 Å². The number of anilines is 1. The van der Waals surface area contributed by atoms with E-state index in [9.17, 15) is 4.79 Å². The van der Waals surface area contributed by atoms with E-state index >= 15 is 0 Å². The normalized spacial score (nSPS) is 19.3. The number of aromatic nitrogens is 2. The van der Waals surface area contributed by atoms with Gasteiger partial charge in [0.25, 0.3) is 0 Å². The van der Waals surface area contributed by atoms with Gasteiger partial charge in [-0.25, -0.2) is 14.8 Å². The van der Waals surface area contributed by atoms with Crippen molar-refractivity contribution in [2.24, 2.45) is 0 Å². The standard InChI is InChI=1S/C13H20N4O2/c1-13(2,3)19-12(18)16-10-5-8-17(9-10)11-14-6-4-7-15-11/h4,6-7,10H,5,8-9H2,1-3H3,(H,16,18)/t10-/m1/s1. The lowest BCUT2D eigenvalue weighted by Gasteiger charge is -2.22. The van der Waals surface area contributed by atoms with Gasteiger partial charge in [0.15, 0.2) is 0 Å². The first kappa shape index (κ1) is 13.6. The average molecular weight is 264 g/mol. The van der Waals surface area contributed by atoms with Gasteiger partial charge in [0.2, 0.25) is 5.95 Å². The molecule has 1 fully saturated rings. The van der Waals surface area contributed by atoms with Crippen molar-refractivity contribution in [3.63, 3.8) is 0 Å². The van der Waals surface area contributed by atoms with E-state index in [2.05, 4.69) is 20.2 Å². The average Bonchev–Trinajstić information content (AvgIpc) is 2.76. The molecule has 6 heteroatoms. The number of carbonyl (C=O) groups excluding carboxylic acids is 1. The number of amides is 1. The Balaban J connectivity index is 1.84. The number of carbonyl (C=O) groups is 1. The number of alkyl carbamates (subject to hydrolysis) is 1. The monoisotopic (exact) mass is 264 g/mol. The summed E-state index contributed by atoms with van der Waals surface area (Å²) in [6.45, 7) is 7.11. The van der Waals surface area contributed by atoms with E-state index in [1.54, 1.807) is 18.5 Å². The van der Waals surface area contributed by atoms with Crippen molar-refractivity contribution in [2.75, 3.05) is 18.0 Å². The molecule has 0 aliphatic carbocycles.